The van der Waals surface area contributed by atoms with Crippen LogP contribution in [0, 0.1) is 0 Å². The number of hydrogen-bond acceptors (Lipinski definition) is 6. The number of aliphatic carboxylic acids is 1. The number of alkyl halides is 3. The molecule has 0 aliphatic rings. The van der Waals surface area contributed by atoms with E-state index in [0.717, 1.165) is 16.6 Å². The lowest BCUT2D eigenvalue weighted by Gasteiger charge is -2.03. The summed E-state index contributed by atoms with van der Waals surface area (Å²) in [4.78, 5) is 20.1. The molecule has 0 aliphatic heterocycles. The fraction of sp³-hybridized carbons (Fsp3) is 0.235. The topological polar surface area (TPSA) is 101 Å². The molecule has 0 atom stereocenters. The Bertz CT molecular complexity index is 972. The lowest BCUT2D eigenvalue weighted by molar-refractivity contribution is -0.702. The van der Waals surface area contributed by atoms with E-state index >= 15 is 0 Å². The van der Waals surface area contributed by atoms with Gasteiger partial charge in [-0.25, -0.2) is 0 Å². The van der Waals surface area contributed by atoms with Crippen molar-refractivity contribution < 1.29 is 37.2 Å². The zero-order chi connectivity index (χ0) is 20.7. The molecule has 0 bridgehead atoms. The number of methoxy groups -OCH3 is 1. The second kappa shape index (κ2) is 8.93. The minimum absolute atomic E-state index is 0.251. The van der Waals surface area contributed by atoms with E-state index in [1.54, 1.807) is 0 Å². The number of para-hydroxylation sites is 1. The van der Waals surface area contributed by atoms with E-state index in [0.29, 0.717) is 6.67 Å². The van der Waals surface area contributed by atoms with Gasteiger partial charge in [0.2, 0.25) is 6.67 Å². The van der Waals surface area contributed by atoms with E-state index < -0.39 is 12.1 Å². The maximum atomic E-state index is 11.3. The first-order chi connectivity index (χ1) is 13.2. The van der Waals surface area contributed by atoms with Gasteiger partial charge in [-0.3, -0.25) is 4.79 Å². The van der Waals surface area contributed by atoms with Crippen LogP contribution in [0.1, 0.15) is 5.56 Å². The Kier molecular flexibility index (Phi) is 6.64. The van der Waals surface area contributed by atoms with Gasteiger partial charge < -0.3 is 14.6 Å². The largest absolute Gasteiger partial charge is 0.542 e. The molecular weight excluding hydrogens is 381 g/mol. The highest BCUT2D eigenvalue weighted by molar-refractivity contribution is 5.73. The van der Waals surface area contributed by atoms with Crippen molar-refractivity contribution in [2.75, 3.05) is 7.11 Å². The highest BCUT2D eigenvalue weighted by atomic mass is 19.4. The number of carboxylic acid groups (broad SMARTS) is 1. The second-order valence-corrected chi connectivity index (χ2v) is 5.48. The Balaban J connectivity index is 0.000000345. The lowest BCUT2D eigenvalue weighted by atomic mass is 10.2. The van der Waals surface area contributed by atoms with E-state index in [-0.39, 0.29) is 12.4 Å². The summed E-state index contributed by atoms with van der Waals surface area (Å²) in [7, 11) is 1.39. The van der Waals surface area contributed by atoms with Crippen LogP contribution >= 0.6 is 0 Å². The molecule has 1 aromatic carbocycles. The minimum atomic E-state index is -5.19. The van der Waals surface area contributed by atoms with Gasteiger partial charge in [0.15, 0.2) is 12.4 Å². The number of aromatic nitrogens is 4. The molecule has 0 N–H and O–H groups in total. The van der Waals surface area contributed by atoms with Gasteiger partial charge >= 0.3 is 12.1 Å². The summed E-state index contributed by atoms with van der Waals surface area (Å²) in [6.07, 6.45) is -1.10. The maximum Gasteiger partial charge on any atom is 0.430 e. The zero-order valence-corrected chi connectivity index (χ0v) is 14.6. The summed E-state index contributed by atoms with van der Waals surface area (Å²) in [5.74, 6) is -3.26. The van der Waals surface area contributed by atoms with Crippen molar-refractivity contribution in [3.63, 3.8) is 0 Å². The van der Waals surface area contributed by atoms with Crippen LogP contribution in [0.15, 0.2) is 48.8 Å². The molecule has 3 rings (SSSR count). The van der Waals surface area contributed by atoms with Crippen molar-refractivity contribution >= 4 is 23.0 Å². The quantitative estimate of drug-likeness (QED) is 0.463. The second-order valence-electron chi connectivity index (χ2n) is 5.48. The Morgan fingerprint density at radius 1 is 1.21 bits per heavy atom. The fourth-order valence-corrected chi connectivity index (χ4v) is 2.18. The van der Waals surface area contributed by atoms with E-state index in [9.17, 15) is 18.0 Å². The smallest absolute Gasteiger partial charge is 0.430 e. The Hall–Kier alpha value is -3.50. The number of fused-ring (bicyclic) bond motifs is 1. The summed E-state index contributed by atoms with van der Waals surface area (Å²) in [6, 6.07) is 11.6. The van der Waals surface area contributed by atoms with Crippen molar-refractivity contribution in [3.05, 3.63) is 54.4 Å². The van der Waals surface area contributed by atoms with Crippen molar-refractivity contribution in [2.24, 2.45) is 0 Å². The highest BCUT2D eigenvalue weighted by Gasteiger charge is 2.28. The number of carbonyl (C=O) groups is 2. The van der Waals surface area contributed by atoms with Gasteiger partial charge in [-0.2, -0.15) is 22.4 Å². The molecule has 0 fully saturated rings. The Labute approximate surface area is 156 Å². The number of ether oxygens (including phenoxy) is 1. The number of carboxylic acids is 1. The number of nitrogens with zero attached hydrogens (tertiary/aromatic N) is 4. The average molecular weight is 396 g/mol. The number of hydrogen-bond donors (Lipinski definition) is 0. The number of carbonyl (C=O) groups excluding carboxylic acids is 2. The van der Waals surface area contributed by atoms with Crippen LogP contribution in [0.2, 0.25) is 0 Å². The fourth-order valence-electron chi connectivity index (χ4n) is 2.18. The lowest BCUT2D eigenvalue weighted by Crippen LogP contribution is -2.37. The Morgan fingerprint density at radius 3 is 2.54 bits per heavy atom. The molecule has 0 saturated heterocycles. The normalized spacial score (nSPS) is 10.9. The van der Waals surface area contributed by atoms with Crippen molar-refractivity contribution in [3.8, 4) is 0 Å². The molecule has 8 nitrogen and oxygen atoms in total. The first-order valence-corrected chi connectivity index (χ1v) is 7.82. The van der Waals surface area contributed by atoms with Crippen LogP contribution in [0.4, 0.5) is 13.2 Å². The van der Waals surface area contributed by atoms with Gasteiger partial charge in [0.25, 0.3) is 0 Å². The molecule has 0 radical (unpaired) electrons. The van der Waals surface area contributed by atoms with Crippen LogP contribution in [-0.2, 0) is 27.4 Å². The molecule has 0 amide bonds. The van der Waals surface area contributed by atoms with Crippen molar-refractivity contribution in [1.29, 1.82) is 0 Å². The summed E-state index contributed by atoms with van der Waals surface area (Å²) < 4.78 is 40.0. The third-order valence-electron chi connectivity index (χ3n) is 3.44. The number of halogens is 3. The van der Waals surface area contributed by atoms with Crippen molar-refractivity contribution in [1.82, 2.24) is 15.0 Å². The SMILES string of the molecule is COC(=O)Cc1ccc[n+](Cn2nnc3ccccc32)c1.O=C([O-])C(F)(F)F. The number of esters is 1. The molecule has 2 heterocycles. The monoisotopic (exact) mass is 396 g/mol. The maximum absolute atomic E-state index is 11.3. The van der Waals surface area contributed by atoms with Crippen LogP contribution in [0.5, 0.6) is 0 Å². The number of rotatable bonds is 4. The van der Waals surface area contributed by atoms with E-state index in [1.165, 1.54) is 7.11 Å². The number of pyridine rings is 1. The van der Waals surface area contributed by atoms with Gasteiger partial charge in [0, 0.05) is 11.6 Å². The van der Waals surface area contributed by atoms with Gasteiger partial charge in [-0.15, -0.1) is 5.10 Å². The van der Waals surface area contributed by atoms with Crippen LogP contribution in [-0.4, -0.2) is 40.2 Å². The van der Waals surface area contributed by atoms with Gasteiger partial charge in [-0.05, 0) is 18.2 Å². The molecular formula is C17H15F3N4O4. The average Bonchev–Trinajstić information content (AvgIpc) is 3.05. The zero-order valence-electron chi connectivity index (χ0n) is 14.6. The molecule has 0 saturated carbocycles. The molecule has 0 spiro atoms. The van der Waals surface area contributed by atoms with E-state index in [1.807, 2.05) is 58.0 Å². The van der Waals surface area contributed by atoms with Gasteiger partial charge in [-0.1, -0.05) is 17.3 Å². The van der Waals surface area contributed by atoms with Crippen LogP contribution in [0.25, 0.3) is 11.0 Å². The summed E-state index contributed by atoms with van der Waals surface area (Å²) in [5, 5.41) is 17.1. The third-order valence-corrected chi connectivity index (χ3v) is 3.44. The molecule has 28 heavy (non-hydrogen) atoms. The van der Waals surface area contributed by atoms with Crippen LogP contribution < -0.4 is 9.67 Å². The van der Waals surface area contributed by atoms with Crippen molar-refractivity contribution in [2.45, 2.75) is 19.3 Å². The van der Waals surface area contributed by atoms with E-state index in [2.05, 4.69) is 15.0 Å². The van der Waals surface area contributed by atoms with Gasteiger partial charge in [0.05, 0.1) is 19.0 Å². The molecule has 3 aromatic rings. The summed E-state index contributed by atoms with van der Waals surface area (Å²) >= 11 is 0. The molecule has 0 aliphatic carbocycles. The first kappa shape index (κ1) is 20.8. The Morgan fingerprint density at radius 2 is 1.89 bits per heavy atom. The standard InChI is InChI=1S/C15H15N4O2.C2HF3O2/c1-21-15(20)9-12-5-4-8-18(10-12)11-19-14-7-3-2-6-13(14)16-17-19;3-2(4,5)1(6)7/h2-8,10H,9,11H2,1H3;(H,6,7)/q+1;/p-1. The molecule has 0 unspecified atom stereocenters. The predicted molar refractivity (Wildman–Crippen MR) is 86.3 cm³/mol. The summed E-state index contributed by atoms with van der Waals surface area (Å²) in [6.45, 7) is 0.537. The van der Waals surface area contributed by atoms with Gasteiger partial charge in [0.1, 0.15) is 11.5 Å². The molecule has 11 heteroatoms. The number of benzene rings is 1. The third kappa shape index (κ3) is 5.76. The van der Waals surface area contributed by atoms with E-state index in [4.69, 9.17) is 9.90 Å². The molecule has 148 valence electrons. The molecule has 2 aromatic heterocycles. The predicted octanol–water partition coefficient (Wildman–Crippen LogP) is 0.239. The minimum Gasteiger partial charge on any atom is -0.542 e. The van der Waals surface area contributed by atoms with Crippen LogP contribution in [0.3, 0.4) is 0 Å². The first-order valence-electron chi connectivity index (χ1n) is 7.82. The highest BCUT2D eigenvalue weighted by Crippen LogP contribution is 2.11. The summed E-state index contributed by atoms with van der Waals surface area (Å²) in [5.41, 5.74) is 2.74.